The lowest BCUT2D eigenvalue weighted by Crippen LogP contribution is -2.30. The molecule has 1 fully saturated rings. The van der Waals surface area contributed by atoms with Gasteiger partial charge in [0.05, 0.1) is 17.8 Å². The molecule has 0 radical (unpaired) electrons. The maximum atomic E-state index is 13.8. The summed E-state index contributed by atoms with van der Waals surface area (Å²) in [7, 11) is 0. The van der Waals surface area contributed by atoms with E-state index < -0.39 is 6.04 Å². The van der Waals surface area contributed by atoms with E-state index in [2.05, 4.69) is 10.4 Å². The molecule has 0 saturated heterocycles. The van der Waals surface area contributed by atoms with E-state index in [9.17, 15) is 4.39 Å². The first kappa shape index (κ1) is 13.0. The molecule has 1 saturated carbocycles. The van der Waals surface area contributed by atoms with E-state index in [-0.39, 0.29) is 11.5 Å². The van der Waals surface area contributed by atoms with Crippen LogP contribution in [0.1, 0.15) is 30.1 Å². The first-order valence-electron chi connectivity index (χ1n) is 6.61. The maximum Gasteiger partial charge on any atom is 0.146 e. The number of halogens is 1. The minimum absolute atomic E-state index is 0.276. The van der Waals surface area contributed by atoms with Crippen molar-refractivity contribution in [2.75, 3.05) is 0 Å². The average Bonchev–Trinajstić information content (AvgIpc) is 3.26. The van der Waals surface area contributed by atoms with Gasteiger partial charge in [0.15, 0.2) is 0 Å². The second-order valence-corrected chi connectivity index (χ2v) is 4.86. The number of rotatable bonds is 5. The van der Waals surface area contributed by atoms with Crippen LogP contribution in [-0.2, 0) is 0 Å². The molecular formula is C15H16FN3O. The SMILES string of the molecule is NNC(c1cccc(OC2CC2)c1)c1ncccc1F. The van der Waals surface area contributed by atoms with Crippen molar-refractivity contribution in [2.45, 2.75) is 25.0 Å². The van der Waals surface area contributed by atoms with Crippen molar-refractivity contribution in [3.05, 3.63) is 59.7 Å². The maximum absolute atomic E-state index is 13.8. The molecule has 1 atom stereocenters. The largest absolute Gasteiger partial charge is 0.490 e. The molecule has 104 valence electrons. The number of ether oxygens (including phenoxy) is 1. The molecule has 1 aromatic carbocycles. The fraction of sp³-hybridized carbons (Fsp3) is 0.267. The Hall–Kier alpha value is -1.98. The summed E-state index contributed by atoms with van der Waals surface area (Å²) in [5.41, 5.74) is 3.71. The van der Waals surface area contributed by atoms with Gasteiger partial charge in [-0.05, 0) is 42.7 Å². The van der Waals surface area contributed by atoms with Crippen LogP contribution in [0.2, 0.25) is 0 Å². The minimum atomic E-state index is -0.501. The van der Waals surface area contributed by atoms with Gasteiger partial charge in [0, 0.05) is 6.20 Å². The van der Waals surface area contributed by atoms with Crippen LogP contribution in [0.3, 0.4) is 0 Å². The number of hydrogen-bond acceptors (Lipinski definition) is 4. The second kappa shape index (κ2) is 5.56. The molecule has 0 bridgehead atoms. The number of nitrogens with one attached hydrogen (secondary N) is 1. The van der Waals surface area contributed by atoms with Crippen LogP contribution >= 0.6 is 0 Å². The highest BCUT2D eigenvalue weighted by atomic mass is 19.1. The Morgan fingerprint density at radius 1 is 1.30 bits per heavy atom. The number of pyridine rings is 1. The summed E-state index contributed by atoms with van der Waals surface area (Å²) < 4.78 is 19.6. The molecule has 3 rings (SSSR count). The third kappa shape index (κ3) is 2.79. The number of aromatic nitrogens is 1. The van der Waals surface area contributed by atoms with Crippen LogP contribution in [0.5, 0.6) is 5.75 Å². The van der Waals surface area contributed by atoms with Crippen LogP contribution in [0.4, 0.5) is 4.39 Å². The molecule has 1 unspecified atom stereocenters. The van der Waals surface area contributed by atoms with Gasteiger partial charge in [-0.15, -0.1) is 0 Å². The fourth-order valence-corrected chi connectivity index (χ4v) is 2.09. The average molecular weight is 273 g/mol. The van der Waals surface area contributed by atoms with Gasteiger partial charge >= 0.3 is 0 Å². The van der Waals surface area contributed by atoms with Crippen LogP contribution in [0, 0.1) is 5.82 Å². The Morgan fingerprint density at radius 2 is 2.15 bits per heavy atom. The molecule has 0 amide bonds. The topological polar surface area (TPSA) is 60.2 Å². The number of nitrogens with two attached hydrogens (primary N) is 1. The predicted molar refractivity (Wildman–Crippen MR) is 73.5 cm³/mol. The molecule has 1 aliphatic rings. The van der Waals surface area contributed by atoms with E-state index in [1.165, 1.54) is 6.07 Å². The van der Waals surface area contributed by atoms with Gasteiger partial charge in [0.1, 0.15) is 11.6 Å². The third-order valence-corrected chi connectivity index (χ3v) is 3.25. The standard InChI is InChI=1S/C15H16FN3O/c16-13-5-2-8-18-15(13)14(19-17)10-3-1-4-12(9-10)20-11-6-7-11/h1-5,8-9,11,14,19H,6-7,17H2. The first-order chi connectivity index (χ1) is 9.78. The Labute approximate surface area is 116 Å². The first-order valence-corrected chi connectivity index (χ1v) is 6.61. The van der Waals surface area contributed by atoms with Crippen molar-refractivity contribution in [2.24, 2.45) is 5.84 Å². The van der Waals surface area contributed by atoms with Gasteiger partial charge in [-0.2, -0.15) is 0 Å². The molecular weight excluding hydrogens is 257 g/mol. The smallest absolute Gasteiger partial charge is 0.146 e. The number of hydrazine groups is 1. The summed E-state index contributed by atoms with van der Waals surface area (Å²) in [5, 5.41) is 0. The monoisotopic (exact) mass is 273 g/mol. The lowest BCUT2D eigenvalue weighted by atomic mass is 10.0. The van der Waals surface area contributed by atoms with E-state index in [0.29, 0.717) is 6.10 Å². The van der Waals surface area contributed by atoms with Crippen LogP contribution in [-0.4, -0.2) is 11.1 Å². The Balaban J connectivity index is 1.90. The zero-order valence-electron chi connectivity index (χ0n) is 10.9. The van der Waals surface area contributed by atoms with Crippen molar-refractivity contribution < 1.29 is 9.13 Å². The van der Waals surface area contributed by atoms with E-state index >= 15 is 0 Å². The molecule has 2 aromatic rings. The van der Waals surface area contributed by atoms with Gasteiger partial charge in [-0.3, -0.25) is 10.8 Å². The normalized spacial score (nSPS) is 15.9. The molecule has 0 aliphatic heterocycles. The zero-order chi connectivity index (χ0) is 13.9. The van der Waals surface area contributed by atoms with Crippen molar-refractivity contribution in [3.63, 3.8) is 0 Å². The molecule has 1 aromatic heterocycles. The highest BCUT2D eigenvalue weighted by Crippen LogP contribution is 2.29. The molecule has 4 nitrogen and oxygen atoms in total. The summed E-state index contributed by atoms with van der Waals surface area (Å²) in [6.07, 6.45) is 4.06. The van der Waals surface area contributed by atoms with Crippen LogP contribution in [0.15, 0.2) is 42.6 Å². The van der Waals surface area contributed by atoms with Crippen molar-refractivity contribution >= 4 is 0 Å². The summed E-state index contributed by atoms with van der Waals surface area (Å²) in [6, 6.07) is 9.94. The Kier molecular flexibility index (Phi) is 3.62. The van der Waals surface area contributed by atoms with E-state index in [1.807, 2.05) is 24.3 Å². The van der Waals surface area contributed by atoms with Gasteiger partial charge in [0.25, 0.3) is 0 Å². The lowest BCUT2D eigenvalue weighted by Gasteiger charge is -2.17. The van der Waals surface area contributed by atoms with Crippen LogP contribution in [0.25, 0.3) is 0 Å². The molecule has 20 heavy (non-hydrogen) atoms. The summed E-state index contributed by atoms with van der Waals surface area (Å²) in [4.78, 5) is 4.07. The summed E-state index contributed by atoms with van der Waals surface area (Å²) in [6.45, 7) is 0. The third-order valence-electron chi connectivity index (χ3n) is 3.25. The molecule has 1 heterocycles. The minimum Gasteiger partial charge on any atom is -0.490 e. The van der Waals surface area contributed by atoms with Crippen molar-refractivity contribution in [3.8, 4) is 5.75 Å². The molecule has 0 spiro atoms. The van der Waals surface area contributed by atoms with E-state index in [0.717, 1.165) is 24.2 Å². The Morgan fingerprint density at radius 3 is 2.85 bits per heavy atom. The van der Waals surface area contributed by atoms with Crippen molar-refractivity contribution in [1.29, 1.82) is 0 Å². The Bertz CT molecular complexity index is 601. The number of benzene rings is 1. The summed E-state index contributed by atoms with van der Waals surface area (Å²) >= 11 is 0. The fourth-order valence-electron chi connectivity index (χ4n) is 2.09. The van der Waals surface area contributed by atoms with Gasteiger partial charge in [0.2, 0.25) is 0 Å². The summed E-state index contributed by atoms with van der Waals surface area (Å²) in [5.74, 6) is 5.97. The van der Waals surface area contributed by atoms with Gasteiger partial charge in [-0.1, -0.05) is 12.1 Å². The zero-order valence-corrected chi connectivity index (χ0v) is 10.9. The van der Waals surface area contributed by atoms with E-state index in [4.69, 9.17) is 10.6 Å². The van der Waals surface area contributed by atoms with Gasteiger partial charge in [-0.25, -0.2) is 9.82 Å². The molecule has 1 aliphatic carbocycles. The predicted octanol–water partition coefficient (Wildman–Crippen LogP) is 2.31. The van der Waals surface area contributed by atoms with Crippen molar-refractivity contribution in [1.82, 2.24) is 10.4 Å². The molecule has 5 heteroatoms. The van der Waals surface area contributed by atoms with Crippen LogP contribution < -0.4 is 16.0 Å². The highest BCUT2D eigenvalue weighted by Gasteiger charge is 2.24. The lowest BCUT2D eigenvalue weighted by molar-refractivity contribution is 0.302. The highest BCUT2D eigenvalue weighted by molar-refractivity contribution is 5.35. The number of nitrogens with zero attached hydrogens (tertiary/aromatic N) is 1. The van der Waals surface area contributed by atoms with E-state index in [1.54, 1.807) is 12.3 Å². The number of hydrogen-bond donors (Lipinski definition) is 2. The quantitative estimate of drug-likeness (QED) is 0.648. The molecule has 3 N–H and O–H groups in total. The second-order valence-electron chi connectivity index (χ2n) is 4.86. The van der Waals surface area contributed by atoms with Gasteiger partial charge < -0.3 is 4.74 Å².